The van der Waals surface area contributed by atoms with Crippen molar-refractivity contribution >= 4 is 29.5 Å². The Hall–Kier alpha value is -2.93. The molecule has 0 aromatic heterocycles. The number of ether oxygens (including phenoxy) is 2. The van der Waals surface area contributed by atoms with Gasteiger partial charge in [0.25, 0.3) is 0 Å². The van der Waals surface area contributed by atoms with Gasteiger partial charge in [0.1, 0.15) is 11.5 Å². The van der Waals surface area contributed by atoms with Gasteiger partial charge in [0.15, 0.2) is 5.11 Å². The fourth-order valence-electron chi connectivity index (χ4n) is 1.87. The number of esters is 1. The fraction of sp³-hybridized carbons (Fsp3) is 0.167. The Morgan fingerprint density at radius 1 is 1.16 bits per heavy atom. The molecule has 0 aliphatic heterocycles. The van der Waals surface area contributed by atoms with E-state index in [-0.39, 0.29) is 5.11 Å². The van der Waals surface area contributed by atoms with Crippen LogP contribution in [0, 0.1) is 0 Å². The second-order valence-corrected chi connectivity index (χ2v) is 5.51. The van der Waals surface area contributed by atoms with Crippen LogP contribution in [-0.4, -0.2) is 23.9 Å². The Kier molecular flexibility index (Phi) is 6.91. The molecule has 0 saturated heterocycles. The highest BCUT2D eigenvalue weighted by Gasteiger charge is 2.08. The van der Waals surface area contributed by atoms with Crippen molar-refractivity contribution in [3.8, 4) is 11.5 Å². The van der Waals surface area contributed by atoms with Gasteiger partial charge in [-0.25, -0.2) is 4.79 Å². The molecule has 0 heterocycles. The summed E-state index contributed by atoms with van der Waals surface area (Å²) in [7, 11) is 0. The summed E-state index contributed by atoms with van der Waals surface area (Å²) in [5.41, 5.74) is 8.99. The summed E-state index contributed by atoms with van der Waals surface area (Å²) < 4.78 is 10.8. The zero-order valence-electron chi connectivity index (χ0n) is 13.8. The lowest BCUT2D eigenvalue weighted by atomic mass is 10.2. The Balaban J connectivity index is 1.93. The number of thiocarbonyl (C=S) groups is 1. The topological polar surface area (TPSA) is 85.9 Å². The SMILES string of the molecule is CCCOc1ccc(C(=O)Oc2ccc(C=NNC(N)=S)cc2)cc1. The molecule has 0 amide bonds. The Morgan fingerprint density at radius 3 is 2.40 bits per heavy atom. The summed E-state index contributed by atoms with van der Waals surface area (Å²) in [6.45, 7) is 2.68. The molecule has 0 aliphatic carbocycles. The van der Waals surface area contributed by atoms with Crippen LogP contribution in [0.4, 0.5) is 0 Å². The summed E-state index contributed by atoms with van der Waals surface area (Å²) >= 11 is 4.64. The van der Waals surface area contributed by atoms with E-state index in [0.29, 0.717) is 17.9 Å². The number of rotatable bonds is 7. The molecule has 130 valence electrons. The molecular formula is C18H19N3O3S. The van der Waals surface area contributed by atoms with Crippen LogP contribution in [0.2, 0.25) is 0 Å². The van der Waals surface area contributed by atoms with Gasteiger partial charge in [-0.15, -0.1) is 0 Å². The van der Waals surface area contributed by atoms with E-state index < -0.39 is 5.97 Å². The van der Waals surface area contributed by atoms with E-state index in [4.69, 9.17) is 15.2 Å². The van der Waals surface area contributed by atoms with Crippen LogP contribution < -0.4 is 20.6 Å². The third-order valence-corrected chi connectivity index (χ3v) is 3.13. The van der Waals surface area contributed by atoms with Crippen molar-refractivity contribution in [2.24, 2.45) is 10.8 Å². The van der Waals surface area contributed by atoms with Crippen LogP contribution in [0.15, 0.2) is 53.6 Å². The number of benzene rings is 2. The summed E-state index contributed by atoms with van der Waals surface area (Å²) in [6.07, 6.45) is 2.49. The van der Waals surface area contributed by atoms with Gasteiger partial charge in [0.2, 0.25) is 0 Å². The second-order valence-electron chi connectivity index (χ2n) is 5.07. The molecule has 0 bridgehead atoms. The molecule has 0 spiro atoms. The van der Waals surface area contributed by atoms with E-state index >= 15 is 0 Å². The summed E-state index contributed by atoms with van der Waals surface area (Å²) in [6, 6.07) is 13.7. The quantitative estimate of drug-likeness (QED) is 0.261. The number of hydrazone groups is 1. The minimum atomic E-state index is -0.432. The maximum atomic E-state index is 12.1. The van der Waals surface area contributed by atoms with Crippen molar-refractivity contribution in [2.75, 3.05) is 6.61 Å². The average molecular weight is 357 g/mol. The highest BCUT2D eigenvalue weighted by atomic mass is 32.1. The number of nitrogens with zero attached hydrogens (tertiary/aromatic N) is 1. The number of carbonyl (C=O) groups excluding carboxylic acids is 1. The number of nitrogens with two attached hydrogens (primary N) is 1. The van der Waals surface area contributed by atoms with Gasteiger partial charge in [-0.05, 0) is 72.7 Å². The molecular weight excluding hydrogens is 338 g/mol. The highest BCUT2D eigenvalue weighted by molar-refractivity contribution is 7.80. The van der Waals surface area contributed by atoms with Crippen LogP contribution in [0.5, 0.6) is 11.5 Å². The normalized spacial score (nSPS) is 10.4. The number of nitrogens with one attached hydrogen (secondary N) is 1. The van der Waals surface area contributed by atoms with Crippen molar-refractivity contribution in [1.82, 2.24) is 5.43 Å². The summed E-state index contributed by atoms with van der Waals surface area (Å²) in [5.74, 6) is 0.738. The fourth-order valence-corrected chi connectivity index (χ4v) is 1.92. The standard InChI is InChI=1S/C18H19N3O3S/c1-2-11-23-15-9-5-14(6-10-15)17(22)24-16-7-3-13(4-8-16)12-20-21-18(19)25/h3-10,12H,2,11H2,1H3,(H3,19,21,25). The molecule has 0 unspecified atom stereocenters. The first-order valence-electron chi connectivity index (χ1n) is 7.72. The van der Waals surface area contributed by atoms with Crippen molar-refractivity contribution in [1.29, 1.82) is 0 Å². The molecule has 7 heteroatoms. The van der Waals surface area contributed by atoms with Crippen LogP contribution in [0.1, 0.15) is 29.3 Å². The van der Waals surface area contributed by atoms with Gasteiger partial charge in [0.05, 0.1) is 18.4 Å². The number of hydrogen-bond acceptors (Lipinski definition) is 5. The molecule has 0 radical (unpaired) electrons. The van der Waals surface area contributed by atoms with Gasteiger partial charge in [-0.2, -0.15) is 5.10 Å². The van der Waals surface area contributed by atoms with E-state index in [2.05, 4.69) is 22.7 Å². The minimum absolute atomic E-state index is 0.0907. The van der Waals surface area contributed by atoms with Crippen molar-refractivity contribution in [3.05, 3.63) is 59.7 Å². The van der Waals surface area contributed by atoms with Gasteiger partial charge in [0, 0.05) is 0 Å². The third kappa shape index (κ3) is 6.23. The maximum absolute atomic E-state index is 12.1. The lowest BCUT2D eigenvalue weighted by molar-refractivity contribution is 0.0734. The molecule has 3 N–H and O–H groups in total. The molecule has 2 aromatic rings. The van der Waals surface area contributed by atoms with E-state index in [1.165, 1.54) is 0 Å². The molecule has 25 heavy (non-hydrogen) atoms. The van der Waals surface area contributed by atoms with Crippen molar-refractivity contribution in [2.45, 2.75) is 13.3 Å². The van der Waals surface area contributed by atoms with E-state index in [1.807, 2.05) is 6.92 Å². The first kappa shape index (κ1) is 18.4. The number of carbonyl (C=O) groups is 1. The first-order chi connectivity index (χ1) is 12.1. The molecule has 0 atom stereocenters. The van der Waals surface area contributed by atoms with Gasteiger partial charge >= 0.3 is 5.97 Å². The minimum Gasteiger partial charge on any atom is -0.494 e. The Morgan fingerprint density at radius 2 is 1.80 bits per heavy atom. The lowest BCUT2D eigenvalue weighted by Gasteiger charge is -2.07. The molecule has 2 aromatic carbocycles. The van der Waals surface area contributed by atoms with E-state index in [9.17, 15) is 4.79 Å². The second kappa shape index (κ2) is 9.39. The zero-order valence-corrected chi connectivity index (χ0v) is 14.6. The Labute approximate surface area is 151 Å². The predicted octanol–water partition coefficient (Wildman–Crippen LogP) is 2.86. The first-order valence-corrected chi connectivity index (χ1v) is 8.13. The lowest BCUT2D eigenvalue weighted by Crippen LogP contribution is -2.23. The average Bonchev–Trinajstić information content (AvgIpc) is 2.61. The van der Waals surface area contributed by atoms with Crippen LogP contribution in [-0.2, 0) is 0 Å². The molecule has 0 aliphatic rings. The molecule has 2 rings (SSSR count). The highest BCUT2D eigenvalue weighted by Crippen LogP contribution is 2.16. The zero-order chi connectivity index (χ0) is 18.1. The van der Waals surface area contributed by atoms with Crippen LogP contribution >= 0.6 is 12.2 Å². The third-order valence-electron chi connectivity index (χ3n) is 3.04. The van der Waals surface area contributed by atoms with E-state index in [1.54, 1.807) is 54.7 Å². The van der Waals surface area contributed by atoms with Crippen molar-refractivity contribution in [3.63, 3.8) is 0 Å². The molecule has 0 saturated carbocycles. The van der Waals surface area contributed by atoms with Gasteiger partial charge in [-0.3, -0.25) is 5.43 Å². The number of hydrogen-bond donors (Lipinski definition) is 2. The smallest absolute Gasteiger partial charge is 0.343 e. The Bertz CT molecular complexity index is 743. The summed E-state index contributed by atoms with van der Waals surface area (Å²) in [4.78, 5) is 12.1. The van der Waals surface area contributed by atoms with Crippen LogP contribution in [0.3, 0.4) is 0 Å². The molecule has 0 fully saturated rings. The van der Waals surface area contributed by atoms with Gasteiger partial charge < -0.3 is 15.2 Å². The van der Waals surface area contributed by atoms with Crippen LogP contribution in [0.25, 0.3) is 0 Å². The monoisotopic (exact) mass is 357 g/mol. The van der Waals surface area contributed by atoms with Gasteiger partial charge in [-0.1, -0.05) is 6.92 Å². The predicted molar refractivity (Wildman–Crippen MR) is 101 cm³/mol. The molecule has 6 nitrogen and oxygen atoms in total. The largest absolute Gasteiger partial charge is 0.494 e. The van der Waals surface area contributed by atoms with Crippen molar-refractivity contribution < 1.29 is 14.3 Å². The summed E-state index contributed by atoms with van der Waals surface area (Å²) in [5, 5.41) is 3.94. The maximum Gasteiger partial charge on any atom is 0.343 e. The van der Waals surface area contributed by atoms with E-state index in [0.717, 1.165) is 17.7 Å².